The highest BCUT2D eigenvalue weighted by Crippen LogP contribution is 2.25. The summed E-state index contributed by atoms with van der Waals surface area (Å²) in [5.74, 6) is 1.53. The van der Waals surface area contributed by atoms with Crippen molar-refractivity contribution in [2.24, 2.45) is 0 Å². The quantitative estimate of drug-likeness (QED) is 0.848. The Balaban J connectivity index is 1.78. The summed E-state index contributed by atoms with van der Waals surface area (Å²) in [5, 5.41) is 2.89. The molecule has 0 aromatic heterocycles. The SMILES string of the molecule is COc1ccc(CCNC(=O)COc2c(C)ccc(C)c2C)cc1. The number of methoxy groups -OCH3 is 1. The molecule has 0 unspecified atom stereocenters. The summed E-state index contributed by atoms with van der Waals surface area (Å²) in [6.45, 7) is 6.66. The van der Waals surface area contributed by atoms with Gasteiger partial charge in [0.1, 0.15) is 11.5 Å². The highest BCUT2D eigenvalue weighted by molar-refractivity contribution is 5.77. The molecule has 0 spiro atoms. The summed E-state index contributed by atoms with van der Waals surface area (Å²) in [7, 11) is 1.65. The average Bonchev–Trinajstić information content (AvgIpc) is 2.59. The van der Waals surface area contributed by atoms with Crippen molar-refractivity contribution in [3.8, 4) is 11.5 Å². The second kappa shape index (κ2) is 8.39. The van der Waals surface area contributed by atoms with Gasteiger partial charge < -0.3 is 14.8 Å². The van der Waals surface area contributed by atoms with E-state index in [0.717, 1.165) is 40.2 Å². The van der Waals surface area contributed by atoms with E-state index in [2.05, 4.69) is 11.4 Å². The maximum atomic E-state index is 12.0. The number of nitrogens with one attached hydrogen (secondary N) is 1. The molecule has 2 rings (SSSR count). The van der Waals surface area contributed by atoms with E-state index in [1.54, 1.807) is 7.11 Å². The second-order valence-corrected chi connectivity index (χ2v) is 5.89. The topological polar surface area (TPSA) is 47.6 Å². The Morgan fingerprint density at radius 3 is 2.33 bits per heavy atom. The van der Waals surface area contributed by atoms with Crippen LogP contribution in [0.2, 0.25) is 0 Å². The Bertz CT molecular complexity index is 693. The van der Waals surface area contributed by atoms with Crippen molar-refractivity contribution in [1.82, 2.24) is 5.32 Å². The van der Waals surface area contributed by atoms with Crippen LogP contribution in [-0.4, -0.2) is 26.2 Å². The van der Waals surface area contributed by atoms with Crippen LogP contribution in [0.3, 0.4) is 0 Å². The number of aryl methyl sites for hydroxylation is 2. The van der Waals surface area contributed by atoms with Gasteiger partial charge in [0, 0.05) is 6.54 Å². The van der Waals surface area contributed by atoms with Crippen LogP contribution in [0.15, 0.2) is 36.4 Å². The van der Waals surface area contributed by atoms with Crippen molar-refractivity contribution in [2.75, 3.05) is 20.3 Å². The van der Waals surface area contributed by atoms with Crippen LogP contribution in [0.4, 0.5) is 0 Å². The van der Waals surface area contributed by atoms with Gasteiger partial charge >= 0.3 is 0 Å². The zero-order valence-electron chi connectivity index (χ0n) is 14.8. The predicted octanol–water partition coefficient (Wildman–Crippen LogP) is 3.36. The van der Waals surface area contributed by atoms with Crippen LogP contribution in [0.25, 0.3) is 0 Å². The molecule has 4 heteroatoms. The fraction of sp³-hybridized carbons (Fsp3) is 0.350. The summed E-state index contributed by atoms with van der Waals surface area (Å²) in [6.07, 6.45) is 0.776. The van der Waals surface area contributed by atoms with E-state index in [1.807, 2.05) is 51.1 Å². The standard InChI is InChI=1S/C20H25NO3/c1-14-5-6-15(2)20(16(14)3)24-13-19(22)21-12-11-17-7-9-18(23-4)10-8-17/h5-10H,11-13H2,1-4H3,(H,21,22). The number of carbonyl (C=O) groups is 1. The summed E-state index contributed by atoms with van der Waals surface area (Å²) >= 11 is 0. The molecule has 0 radical (unpaired) electrons. The minimum Gasteiger partial charge on any atom is -0.497 e. The van der Waals surface area contributed by atoms with Crippen molar-refractivity contribution in [3.63, 3.8) is 0 Å². The van der Waals surface area contributed by atoms with Crippen LogP contribution < -0.4 is 14.8 Å². The van der Waals surface area contributed by atoms with Gasteiger partial charge in [0.2, 0.25) is 0 Å². The first-order valence-electron chi connectivity index (χ1n) is 8.10. The van der Waals surface area contributed by atoms with Gasteiger partial charge in [-0.3, -0.25) is 4.79 Å². The molecule has 2 aromatic carbocycles. The lowest BCUT2D eigenvalue weighted by Crippen LogP contribution is -2.30. The van der Waals surface area contributed by atoms with Gasteiger partial charge in [0.05, 0.1) is 7.11 Å². The third-order valence-corrected chi connectivity index (χ3v) is 4.12. The molecule has 0 aliphatic rings. The Kier molecular flexibility index (Phi) is 6.24. The minimum atomic E-state index is -0.108. The van der Waals surface area contributed by atoms with Gasteiger partial charge in [0.15, 0.2) is 6.61 Å². The van der Waals surface area contributed by atoms with E-state index >= 15 is 0 Å². The number of ether oxygens (including phenoxy) is 2. The van der Waals surface area contributed by atoms with E-state index < -0.39 is 0 Å². The number of amides is 1. The highest BCUT2D eigenvalue weighted by Gasteiger charge is 2.09. The third-order valence-electron chi connectivity index (χ3n) is 4.12. The molecule has 4 nitrogen and oxygen atoms in total. The van der Waals surface area contributed by atoms with Crippen molar-refractivity contribution >= 4 is 5.91 Å². The largest absolute Gasteiger partial charge is 0.497 e. The molecule has 0 saturated heterocycles. The lowest BCUT2D eigenvalue weighted by molar-refractivity contribution is -0.123. The lowest BCUT2D eigenvalue weighted by atomic mass is 10.1. The van der Waals surface area contributed by atoms with Gasteiger partial charge in [-0.1, -0.05) is 24.3 Å². The average molecular weight is 327 g/mol. The summed E-state index contributed by atoms with van der Waals surface area (Å²) < 4.78 is 10.8. The van der Waals surface area contributed by atoms with E-state index in [4.69, 9.17) is 9.47 Å². The molecule has 1 amide bonds. The number of hydrogen-bond donors (Lipinski definition) is 1. The monoisotopic (exact) mass is 327 g/mol. The zero-order valence-corrected chi connectivity index (χ0v) is 14.8. The van der Waals surface area contributed by atoms with Crippen molar-refractivity contribution in [1.29, 1.82) is 0 Å². The van der Waals surface area contributed by atoms with Crippen molar-refractivity contribution in [2.45, 2.75) is 27.2 Å². The fourth-order valence-corrected chi connectivity index (χ4v) is 2.47. The first kappa shape index (κ1) is 17.9. The number of hydrogen-bond acceptors (Lipinski definition) is 3. The molecule has 128 valence electrons. The van der Waals surface area contributed by atoms with E-state index in [0.29, 0.717) is 6.54 Å². The maximum absolute atomic E-state index is 12.0. The summed E-state index contributed by atoms with van der Waals surface area (Å²) in [4.78, 5) is 12.0. The van der Waals surface area contributed by atoms with Crippen LogP contribution in [0.5, 0.6) is 11.5 Å². The Morgan fingerprint density at radius 1 is 1.00 bits per heavy atom. The van der Waals surface area contributed by atoms with E-state index in [9.17, 15) is 4.79 Å². The lowest BCUT2D eigenvalue weighted by Gasteiger charge is -2.14. The third kappa shape index (κ3) is 4.75. The Hall–Kier alpha value is -2.49. The normalized spacial score (nSPS) is 10.3. The van der Waals surface area contributed by atoms with Crippen LogP contribution >= 0.6 is 0 Å². The van der Waals surface area contributed by atoms with Gasteiger partial charge in [-0.25, -0.2) is 0 Å². The Morgan fingerprint density at radius 2 is 1.67 bits per heavy atom. The summed E-state index contributed by atoms with van der Waals surface area (Å²) in [6, 6.07) is 11.9. The molecular weight excluding hydrogens is 302 g/mol. The van der Waals surface area contributed by atoms with E-state index in [1.165, 1.54) is 0 Å². The smallest absolute Gasteiger partial charge is 0.257 e. The molecule has 0 saturated carbocycles. The molecule has 0 atom stereocenters. The second-order valence-electron chi connectivity index (χ2n) is 5.89. The molecule has 0 heterocycles. The molecule has 0 bridgehead atoms. The van der Waals surface area contributed by atoms with Gasteiger partial charge in [-0.15, -0.1) is 0 Å². The van der Waals surface area contributed by atoms with Gasteiger partial charge in [-0.05, 0) is 61.6 Å². The predicted molar refractivity (Wildman–Crippen MR) is 95.9 cm³/mol. The number of benzene rings is 2. The zero-order chi connectivity index (χ0) is 17.5. The van der Waals surface area contributed by atoms with Crippen molar-refractivity contribution in [3.05, 3.63) is 58.7 Å². The molecule has 0 fully saturated rings. The first-order chi connectivity index (χ1) is 11.5. The van der Waals surface area contributed by atoms with Crippen LogP contribution in [-0.2, 0) is 11.2 Å². The minimum absolute atomic E-state index is 0.0355. The molecule has 2 aromatic rings. The highest BCUT2D eigenvalue weighted by atomic mass is 16.5. The molecule has 0 aliphatic heterocycles. The number of carbonyl (C=O) groups excluding carboxylic acids is 1. The molecular formula is C20H25NO3. The molecule has 24 heavy (non-hydrogen) atoms. The van der Waals surface area contributed by atoms with Crippen LogP contribution in [0, 0.1) is 20.8 Å². The fourth-order valence-electron chi connectivity index (χ4n) is 2.47. The molecule has 0 aliphatic carbocycles. The maximum Gasteiger partial charge on any atom is 0.257 e. The van der Waals surface area contributed by atoms with Crippen molar-refractivity contribution < 1.29 is 14.3 Å². The summed E-state index contributed by atoms with van der Waals surface area (Å²) in [5.41, 5.74) is 4.45. The van der Waals surface area contributed by atoms with Gasteiger partial charge in [-0.2, -0.15) is 0 Å². The number of rotatable bonds is 7. The van der Waals surface area contributed by atoms with Crippen LogP contribution in [0.1, 0.15) is 22.3 Å². The van der Waals surface area contributed by atoms with Gasteiger partial charge in [0.25, 0.3) is 5.91 Å². The Labute approximate surface area is 143 Å². The molecule has 1 N–H and O–H groups in total. The van der Waals surface area contributed by atoms with E-state index in [-0.39, 0.29) is 12.5 Å². The first-order valence-corrected chi connectivity index (χ1v) is 8.10.